The molecule has 0 spiro atoms. The standard InChI is InChI=1S/C8H7BrO4/c1-12-8(11)7-3-2-6(13-7)5(9)4-10/h2-5H,1H3. The van der Waals surface area contributed by atoms with E-state index < -0.39 is 10.8 Å². The van der Waals surface area contributed by atoms with Crippen LogP contribution in [0.15, 0.2) is 16.5 Å². The topological polar surface area (TPSA) is 56.5 Å². The van der Waals surface area contributed by atoms with Crippen LogP contribution >= 0.6 is 15.9 Å². The predicted molar refractivity (Wildman–Crippen MR) is 47.8 cm³/mol. The van der Waals surface area contributed by atoms with Crippen molar-refractivity contribution in [2.45, 2.75) is 4.83 Å². The summed E-state index contributed by atoms with van der Waals surface area (Å²) in [6.45, 7) is 0. The van der Waals surface area contributed by atoms with Crippen molar-refractivity contribution < 1.29 is 18.7 Å². The van der Waals surface area contributed by atoms with Gasteiger partial charge in [0.15, 0.2) is 0 Å². The van der Waals surface area contributed by atoms with E-state index in [0.29, 0.717) is 12.0 Å². The maximum Gasteiger partial charge on any atom is 0.373 e. The fraction of sp³-hybridized carbons (Fsp3) is 0.250. The van der Waals surface area contributed by atoms with Gasteiger partial charge in [-0.3, -0.25) is 0 Å². The number of esters is 1. The molecule has 1 aromatic rings. The number of carbonyl (C=O) groups excluding carboxylic acids is 2. The zero-order valence-electron chi connectivity index (χ0n) is 6.82. The van der Waals surface area contributed by atoms with Crippen molar-refractivity contribution in [3.8, 4) is 0 Å². The lowest BCUT2D eigenvalue weighted by atomic mass is 10.3. The second-order valence-electron chi connectivity index (χ2n) is 2.23. The van der Waals surface area contributed by atoms with Crippen LogP contribution in [0.3, 0.4) is 0 Å². The van der Waals surface area contributed by atoms with Gasteiger partial charge in [-0.25, -0.2) is 4.79 Å². The smallest absolute Gasteiger partial charge is 0.373 e. The Kier molecular flexibility index (Phi) is 3.25. The first kappa shape index (κ1) is 9.98. The van der Waals surface area contributed by atoms with Crippen LogP contribution < -0.4 is 0 Å². The van der Waals surface area contributed by atoms with E-state index in [4.69, 9.17) is 4.42 Å². The minimum atomic E-state index is -0.558. The maximum atomic E-state index is 10.9. The summed E-state index contributed by atoms with van der Waals surface area (Å²) in [5.41, 5.74) is 0. The van der Waals surface area contributed by atoms with Crippen molar-refractivity contribution >= 4 is 28.2 Å². The van der Waals surface area contributed by atoms with E-state index in [1.165, 1.54) is 13.2 Å². The van der Waals surface area contributed by atoms with Crippen LogP contribution in [0.25, 0.3) is 0 Å². The fourth-order valence-electron chi connectivity index (χ4n) is 0.778. The summed E-state index contributed by atoms with van der Waals surface area (Å²) >= 11 is 3.06. The number of furan rings is 1. The maximum absolute atomic E-state index is 10.9. The molecular formula is C8H7BrO4. The van der Waals surface area contributed by atoms with Gasteiger partial charge in [-0.05, 0) is 12.1 Å². The second-order valence-corrected chi connectivity index (χ2v) is 3.22. The van der Waals surface area contributed by atoms with Crippen molar-refractivity contribution in [3.05, 3.63) is 23.7 Å². The van der Waals surface area contributed by atoms with Gasteiger partial charge in [0.1, 0.15) is 16.9 Å². The van der Waals surface area contributed by atoms with Gasteiger partial charge in [0.2, 0.25) is 5.76 Å². The quantitative estimate of drug-likeness (QED) is 0.463. The summed E-state index contributed by atoms with van der Waals surface area (Å²) in [7, 11) is 1.26. The Morgan fingerprint density at radius 2 is 2.38 bits per heavy atom. The molecule has 1 rings (SSSR count). The van der Waals surface area contributed by atoms with E-state index in [1.54, 1.807) is 6.07 Å². The monoisotopic (exact) mass is 246 g/mol. The van der Waals surface area contributed by atoms with Gasteiger partial charge in [-0.2, -0.15) is 0 Å². The van der Waals surface area contributed by atoms with Crippen molar-refractivity contribution in [3.63, 3.8) is 0 Å². The second kappa shape index (κ2) is 4.23. The number of rotatable bonds is 3. The lowest BCUT2D eigenvalue weighted by Crippen LogP contribution is -1.98. The van der Waals surface area contributed by atoms with E-state index in [2.05, 4.69) is 20.7 Å². The Balaban J connectivity index is 2.86. The average molecular weight is 247 g/mol. The van der Waals surface area contributed by atoms with Crippen LogP contribution in [0, 0.1) is 0 Å². The third-order valence-corrected chi connectivity index (χ3v) is 2.07. The van der Waals surface area contributed by atoms with E-state index in [0.717, 1.165) is 0 Å². The number of hydrogen-bond acceptors (Lipinski definition) is 4. The Morgan fingerprint density at radius 1 is 1.69 bits per heavy atom. The first-order valence-corrected chi connectivity index (χ1v) is 4.38. The first-order chi connectivity index (χ1) is 6.19. The zero-order chi connectivity index (χ0) is 9.84. The highest BCUT2D eigenvalue weighted by Crippen LogP contribution is 2.22. The van der Waals surface area contributed by atoms with Crippen LogP contribution in [0.1, 0.15) is 21.1 Å². The lowest BCUT2D eigenvalue weighted by Gasteiger charge is -1.95. The summed E-state index contributed by atoms with van der Waals surface area (Å²) in [5.74, 6) is -0.0870. The number of ether oxygens (including phenoxy) is 1. The molecule has 0 fully saturated rings. The molecule has 0 saturated carbocycles. The van der Waals surface area contributed by atoms with Crippen molar-refractivity contribution in [2.75, 3.05) is 7.11 Å². The molecule has 1 atom stereocenters. The van der Waals surface area contributed by atoms with E-state index in [1.807, 2.05) is 0 Å². The van der Waals surface area contributed by atoms with Gasteiger partial charge in [0.05, 0.1) is 7.11 Å². The molecule has 0 saturated heterocycles. The lowest BCUT2D eigenvalue weighted by molar-refractivity contribution is -0.107. The van der Waals surface area contributed by atoms with Gasteiger partial charge < -0.3 is 13.9 Å². The molecular weight excluding hydrogens is 240 g/mol. The first-order valence-electron chi connectivity index (χ1n) is 3.46. The summed E-state index contributed by atoms with van der Waals surface area (Å²) in [6.07, 6.45) is 0.667. The SMILES string of the molecule is COC(=O)c1ccc(C(Br)C=O)o1. The molecule has 5 heteroatoms. The third kappa shape index (κ3) is 2.18. The van der Waals surface area contributed by atoms with Crippen molar-refractivity contribution in [1.29, 1.82) is 0 Å². The molecule has 13 heavy (non-hydrogen) atoms. The van der Waals surface area contributed by atoms with Crippen molar-refractivity contribution in [1.82, 2.24) is 0 Å². The number of hydrogen-bond donors (Lipinski definition) is 0. The molecule has 1 unspecified atom stereocenters. The van der Waals surface area contributed by atoms with E-state index >= 15 is 0 Å². The molecule has 70 valence electrons. The van der Waals surface area contributed by atoms with E-state index in [-0.39, 0.29) is 5.76 Å². The zero-order valence-corrected chi connectivity index (χ0v) is 8.41. The number of methoxy groups -OCH3 is 1. The summed E-state index contributed by atoms with van der Waals surface area (Å²) in [5, 5.41) is 0. The molecule has 4 nitrogen and oxygen atoms in total. The Bertz CT molecular complexity index is 318. The normalized spacial score (nSPS) is 12.2. The van der Waals surface area contributed by atoms with Gasteiger partial charge in [0.25, 0.3) is 0 Å². The summed E-state index contributed by atoms with van der Waals surface area (Å²) in [6, 6.07) is 3.00. The predicted octanol–water partition coefficient (Wildman–Crippen LogP) is 1.70. The van der Waals surface area contributed by atoms with Crippen LogP contribution in [-0.2, 0) is 9.53 Å². The van der Waals surface area contributed by atoms with E-state index in [9.17, 15) is 9.59 Å². The number of halogens is 1. The highest BCUT2D eigenvalue weighted by molar-refractivity contribution is 9.09. The molecule has 0 amide bonds. The molecule has 0 bridgehead atoms. The van der Waals surface area contributed by atoms with Gasteiger partial charge in [-0.15, -0.1) is 0 Å². The molecule has 1 aromatic heterocycles. The van der Waals surface area contributed by atoms with Crippen molar-refractivity contribution in [2.24, 2.45) is 0 Å². The number of alkyl halides is 1. The average Bonchev–Trinajstić information content (AvgIpc) is 2.64. The van der Waals surface area contributed by atoms with Crippen LogP contribution in [0.4, 0.5) is 0 Å². The molecule has 1 heterocycles. The highest BCUT2D eigenvalue weighted by Gasteiger charge is 2.15. The Hall–Kier alpha value is -1.10. The fourth-order valence-corrected chi connectivity index (χ4v) is 1.02. The number of aldehydes is 1. The largest absolute Gasteiger partial charge is 0.463 e. The molecule has 0 N–H and O–H groups in total. The minimum absolute atomic E-state index is 0.0869. The van der Waals surface area contributed by atoms with Gasteiger partial charge in [0, 0.05) is 0 Å². The van der Waals surface area contributed by atoms with Gasteiger partial charge in [-0.1, -0.05) is 15.9 Å². The Labute approximate surface area is 83.0 Å². The Morgan fingerprint density at radius 3 is 2.92 bits per heavy atom. The van der Waals surface area contributed by atoms with Crippen LogP contribution in [0.2, 0.25) is 0 Å². The minimum Gasteiger partial charge on any atom is -0.463 e. The van der Waals surface area contributed by atoms with Crippen LogP contribution in [0.5, 0.6) is 0 Å². The molecule has 0 aliphatic rings. The number of carbonyl (C=O) groups is 2. The molecule has 0 aliphatic heterocycles. The molecule has 0 radical (unpaired) electrons. The summed E-state index contributed by atoms with van der Waals surface area (Å²) in [4.78, 5) is 20.7. The highest BCUT2D eigenvalue weighted by atomic mass is 79.9. The summed E-state index contributed by atoms with van der Waals surface area (Å²) < 4.78 is 9.46. The molecule has 0 aromatic carbocycles. The van der Waals surface area contributed by atoms with Gasteiger partial charge >= 0.3 is 5.97 Å². The van der Waals surface area contributed by atoms with Crippen LogP contribution in [-0.4, -0.2) is 19.4 Å². The third-order valence-electron chi connectivity index (χ3n) is 1.40. The molecule has 0 aliphatic carbocycles.